The molecule has 0 radical (unpaired) electrons. The first-order chi connectivity index (χ1) is 15.4. The summed E-state index contributed by atoms with van der Waals surface area (Å²) in [5, 5.41) is 0. The third-order valence-electron chi connectivity index (χ3n) is 13.4. The second-order valence-corrected chi connectivity index (χ2v) is 14.2. The lowest BCUT2D eigenvalue weighted by atomic mass is 9.42. The fraction of sp³-hybridized carbons (Fsp3) is 0.867. The molecule has 5 saturated carbocycles. The highest BCUT2D eigenvalue weighted by atomic mass is 16.5. The molecule has 3 heteroatoms. The molecule has 0 N–H and O–H groups in total. The van der Waals surface area contributed by atoms with Crippen LogP contribution in [0.5, 0.6) is 0 Å². The minimum atomic E-state index is -0.127. The van der Waals surface area contributed by atoms with Crippen molar-refractivity contribution in [1.82, 2.24) is 0 Å². The summed E-state index contributed by atoms with van der Waals surface area (Å²) < 4.78 is 5.93. The van der Waals surface area contributed by atoms with Crippen LogP contribution < -0.4 is 0 Å². The fourth-order valence-electron chi connectivity index (χ4n) is 11.3. The molecule has 5 aliphatic carbocycles. The van der Waals surface area contributed by atoms with Crippen LogP contribution in [0.25, 0.3) is 0 Å². The van der Waals surface area contributed by atoms with E-state index in [1.165, 1.54) is 44.9 Å². The number of cyclic esters (lactones) is 1. The number of hydrogen-bond acceptors (Lipinski definition) is 3. The molecule has 0 amide bonds. The average molecular weight is 453 g/mol. The van der Waals surface area contributed by atoms with Gasteiger partial charge in [-0.15, -0.1) is 0 Å². The van der Waals surface area contributed by atoms with Crippen LogP contribution in [-0.2, 0) is 14.3 Å². The Balaban J connectivity index is 1.30. The molecule has 0 bridgehead atoms. The Hall–Kier alpha value is -1.12. The van der Waals surface area contributed by atoms with Crippen molar-refractivity contribution in [1.29, 1.82) is 0 Å². The molecular formula is C30H44O3. The number of carbonyl (C=O) groups excluding carboxylic acids is 2. The van der Waals surface area contributed by atoms with E-state index in [0.29, 0.717) is 45.2 Å². The molecule has 0 aromatic heterocycles. The zero-order valence-corrected chi connectivity index (χ0v) is 21.8. The Morgan fingerprint density at radius 3 is 2.33 bits per heavy atom. The van der Waals surface area contributed by atoms with E-state index in [-0.39, 0.29) is 17.5 Å². The molecule has 33 heavy (non-hydrogen) atoms. The van der Waals surface area contributed by atoms with Crippen molar-refractivity contribution >= 4 is 11.8 Å². The Morgan fingerprint density at radius 2 is 1.61 bits per heavy atom. The number of hydrogen-bond donors (Lipinski definition) is 0. The number of ketones is 1. The predicted octanol–water partition coefficient (Wildman–Crippen LogP) is 6.89. The van der Waals surface area contributed by atoms with Crippen LogP contribution in [0, 0.1) is 50.7 Å². The van der Waals surface area contributed by atoms with Crippen LogP contribution in [0.3, 0.4) is 0 Å². The third kappa shape index (κ3) is 2.48. The molecule has 0 aromatic carbocycles. The van der Waals surface area contributed by atoms with Gasteiger partial charge in [0, 0.05) is 23.8 Å². The Kier molecular flexibility index (Phi) is 4.44. The van der Waals surface area contributed by atoms with Crippen molar-refractivity contribution in [3.05, 3.63) is 11.6 Å². The average Bonchev–Trinajstić information content (AvgIpc) is 3.35. The monoisotopic (exact) mass is 452 g/mol. The van der Waals surface area contributed by atoms with Crippen LogP contribution >= 0.6 is 0 Å². The number of ether oxygens (including phenoxy) is 1. The zero-order chi connectivity index (χ0) is 23.6. The van der Waals surface area contributed by atoms with E-state index in [9.17, 15) is 9.59 Å². The van der Waals surface area contributed by atoms with Crippen molar-refractivity contribution in [3.63, 3.8) is 0 Å². The van der Waals surface area contributed by atoms with Gasteiger partial charge in [-0.2, -0.15) is 0 Å². The zero-order valence-electron chi connectivity index (χ0n) is 21.8. The van der Waals surface area contributed by atoms with Gasteiger partial charge in [0.15, 0.2) is 0 Å². The second-order valence-electron chi connectivity index (χ2n) is 14.2. The van der Waals surface area contributed by atoms with Crippen LogP contribution in [0.2, 0.25) is 0 Å². The van der Waals surface area contributed by atoms with Gasteiger partial charge < -0.3 is 4.74 Å². The van der Waals surface area contributed by atoms with Gasteiger partial charge in [-0.3, -0.25) is 4.79 Å². The lowest BCUT2D eigenvalue weighted by Gasteiger charge is -2.62. The molecule has 3 nitrogen and oxygen atoms in total. The Labute approximate surface area is 200 Å². The van der Waals surface area contributed by atoms with E-state index in [1.807, 2.05) is 6.92 Å². The summed E-state index contributed by atoms with van der Waals surface area (Å²) in [5.41, 5.74) is 2.28. The molecular weight excluding hydrogens is 408 g/mol. The summed E-state index contributed by atoms with van der Waals surface area (Å²) in [6, 6.07) is 0. The first-order valence-corrected chi connectivity index (χ1v) is 13.8. The van der Waals surface area contributed by atoms with Crippen LogP contribution in [-0.4, -0.2) is 17.9 Å². The molecule has 6 rings (SSSR count). The number of fused-ring (bicyclic) bond motifs is 2. The smallest absolute Gasteiger partial charge is 0.333 e. The first kappa shape index (κ1) is 22.4. The van der Waals surface area contributed by atoms with Crippen LogP contribution in [0.4, 0.5) is 0 Å². The largest absolute Gasteiger partial charge is 0.458 e. The molecule has 0 aromatic rings. The molecule has 2 spiro atoms. The van der Waals surface area contributed by atoms with Crippen LogP contribution in [0.1, 0.15) is 106 Å². The van der Waals surface area contributed by atoms with Gasteiger partial charge >= 0.3 is 5.97 Å². The van der Waals surface area contributed by atoms with E-state index in [4.69, 9.17) is 4.74 Å². The molecule has 6 aliphatic rings. The minimum Gasteiger partial charge on any atom is -0.458 e. The summed E-state index contributed by atoms with van der Waals surface area (Å²) in [4.78, 5) is 25.1. The molecule has 1 aliphatic heterocycles. The number of esters is 1. The lowest BCUT2D eigenvalue weighted by Crippen LogP contribution is -2.57. The lowest BCUT2D eigenvalue weighted by molar-refractivity contribution is -0.162. The third-order valence-corrected chi connectivity index (χ3v) is 13.4. The number of carbonyl (C=O) groups is 2. The first-order valence-electron chi connectivity index (χ1n) is 13.8. The molecule has 9 atom stereocenters. The highest BCUT2D eigenvalue weighted by Crippen LogP contribution is 2.88. The second kappa shape index (κ2) is 6.55. The Bertz CT molecular complexity index is 946. The molecule has 5 fully saturated rings. The van der Waals surface area contributed by atoms with Crippen molar-refractivity contribution < 1.29 is 14.3 Å². The van der Waals surface area contributed by atoms with Crippen molar-refractivity contribution in [2.45, 2.75) is 112 Å². The van der Waals surface area contributed by atoms with Crippen LogP contribution in [0.15, 0.2) is 11.6 Å². The van der Waals surface area contributed by atoms with Crippen molar-refractivity contribution in [2.75, 3.05) is 0 Å². The predicted molar refractivity (Wildman–Crippen MR) is 129 cm³/mol. The highest BCUT2D eigenvalue weighted by Gasteiger charge is 2.82. The van der Waals surface area contributed by atoms with Gasteiger partial charge in [-0.25, -0.2) is 4.79 Å². The van der Waals surface area contributed by atoms with E-state index >= 15 is 0 Å². The van der Waals surface area contributed by atoms with E-state index < -0.39 is 0 Å². The molecule has 1 heterocycles. The summed E-state index contributed by atoms with van der Waals surface area (Å²) in [6.07, 6.45) is 14.2. The maximum absolute atomic E-state index is 12.9. The SMILES string of the molecule is CC1=CC[C@H]([C@@H](C)[C@H]2CC[C@@]3(C)[C@@H]4CC[C@@H]5C(C)(C)C(=O)CC[C@@]56C[C@@]46CC[C@]23C)OC1=O. The standard InChI is InChI=1S/C30H44O3/c1-18-7-8-21(33-25(18)32)19(2)20-11-13-28(6)23-10-9-22-26(3,4)24(31)12-14-29(22)17-30(23,29)16-15-27(20,28)5/h7,19-23H,8-17H2,1-6H3/t19-,20+,21+,22+,23-,27+,28-,29+,30-/m0/s1. The molecule has 0 saturated heterocycles. The van der Waals surface area contributed by atoms with Gasteiger partial charge in [-0.05, 0) is 104 Å². The van der Waals surface area contributed by atoms with Gasteiger partial charge in [0.1, 0.15) is 11.9 Å². The summed E-state index contributed by atoms with van der Waals surface area (Å²) in [6.45, 7) is 14.0. The summed E-state index contributed by atoms with van der Waals surface area (Å²) >= 11 is 0. The minimum absolute atomic E-state index is 0.0365. The number of rotatable bonds is 2. The topological polar surface area (TPSA) is 43.4 Å². The molecule has 182 valence electrons. The van der Waals surface area contributed by atoms with E-state index in [1.54, 1.807) is 0 Å². The van der Waals surface area contributed by atoms with Gasteiger partial charge in [-0.1, -0.05) is 40.7 Å². The van der Waals surface area contributed by atoms with Gasteiger partial charge in [0.05, 0.1) is 0 Å². The Morgan fingerprint density at radius 1 is 0.909 bits per heavy atom. The number of Topliss-reactive ketones (excluding diaryl/α,β-unsaturated/α-hetero) is 1. The fourth-order valence-corrected chi connectivity index (χ4v) is 11.3. The van der Waals surface area contributed by atoms with Gasteiger partial charge in [0.25, 0.3) is 0 Å². The summed E-state index contributed by atoms with van der Waals surface area (Å²) in [7, 11) is 0. The van der Waals surface area contributed by atoms with Gasteiger partial charge in [0.2, 0.25) is 0 Å². The van der Waals surface area contributed by atoms with E-state index in [0.717, 1.165) is 30.8 Å². The maximum Gasteiger partial charge on any atom is 0.333 e. The maximum atomic E-state index is 12.9. The highest BCUT2D eigenvalue weighted by molar-refractivity contribution is 5.88. The van der Waals surface area contributed by atoms with Crippen molar-refractivity contribution in [2.24, 2.45) is 50.7 Å². The molecule has 0 unspecified atom stereocenters. The summed E-state index contributed by atoms with van der Waals surface area (Å²) in [5.74, 6) is 2.85. The van der Waals surface area contributed by atoms with Crippen molar-refractivity contribution in [3.8, 4) is 0 Å². The quantitative estimate of drug-likeness (QED) is 0.428. The normalized spacial score (nSPS) is 53.1. The van der Waals surface area contributed by atoms with E-state index in [2.05, 4.69) is 40.7 Å².